The second-order valence-electron chi connectivity index (χ2n) is 4.90. The number of esters is 1. The van der Waals surface area contributed by atoms with Gasteiger partial charge in [-0.3, -0.25) is 4.79 Å². The summed E-state index contributed by atoms with van der Waals surface area (Å²) in [6.45, 7) is 0.245. The van der Waals surface area contributed by atoms with E-state index in [2.05, 4.69) is 4.74 Å². The second kappa shape index (κ2) is 5.85. The Kier molecular flexibility index (Phi) is 3.74. The van der Waals surface area contributed by atoms with E-state index in [1.165, 1.54) is 7.11 Å². The number of carbonyl (C=O) groups excluding carboxylic acids is 2. The molecule has 4 nitrogen and oxygen atoms in total. The van der Waals surface area contributed by atoms with Crippen LogP contribution in [0.15, 0.2) is 54.1 Å². The van der Waals surface area contributed by atoms with Crippen LogP contribution in [0.1, 0.15) is 26.3 Å². The fourth-order valence-corrected chi connectivity index (χ4v) is 2.32. The van der Waals surface area contributed by atoms with E-state index in [1.54, 1.807) is 42.5 Å². The van der Waals surface area contributed by atoms with Crippen molar-refractivity contribution in [1.82, 2.24) is 0 Å². The summed E-state index contributed by atoms with van der Waals surface area (Å²) in [7, 11) is 1.34. The van der Waals surface area contributed by atoms with E-state index in [4.69, 9.17) is 4.74 Å². The fraction of sp³-hybridized carbons (Fsp3) is 0.111. The summed E-state index contributed by atoms with van der Waals surface area (Å²) in [5, 5.41) is 0. The predicted octanol–water partition coefficient (Wildman–Crippen LogP) is 3.13. The Bertz CT molecular complexity index is 757. The van der Waals surface area contributed by atoms with Gasteiger partial charge in [0.05, 0.1) is 18.2 Å². The van der Waals surface area contributed by atoms with E-state index in [0.717, 1.165) is 5.56 Å². The quantitative estimate of drug-likeness (QED) is 0.631. The highest BCUT2D eigenvalue weighted by Gasteiger charge is 2.22. The first-order valence-electron chi connectivity index (χ1n) is 6.84. The second-order valence-corrected chi connectivity index (χ2v) is 4.90. The highest BCUT2D eigenvalue weighted by molar-refractivity contribution is 6.14. The molecular formula is C18H14O4. The third kappa shape index (κ3) is 2.63. The van der Waals surface area contributed by atoms with Crippen molar-refractivity contribution in [2.24, 2.45) is 0 Å². The van der Waals surface area contributed by atoms with Crippen molar-refractivity contribution in [3.8, 4) is 5.75 Å². The number of Topliss-reactive ketones (excluding diaryl/α,β-unsaturated/α-hetero) is 1. The minimum atomic E-state index is -0.384. The highest BCUT2D eigenvalue weighted by atomic mass is 16.5. The summed E-state index contributed by atoms with van der Waals surface area (Å²) < 4.78 is 10.2. The van der Waals surface area contributed by atoms with Crippen LogP contribution < -0.4 is 4.74 Å². The van der Waals surface area contributed by atoms with E-state index in [-0.39, 0.29) is 18.4 Å². The van der Waals surface area contributed by atoms with Crippen LogP contribution in [-0.2, 0) is 4.74 Å². The lowest BCUT2D eigenvalue weighted by Crippen LogP contribution is -2.18. The molecule has 0 radical (unpaired) electrons. The molecule has 1 heterocycles. The van der Waals surface area contributed by atoms with Crippen LogP contribution in [0.2, 0.25) is 0 Å². The van der Waals surface area contributed by atoms with E-state index in [0.29, 0.717) is 22.4 Å². The van der Waals surface area contributed by atoms with Gasteiger partial charge in [-0.25, -0.2) is 4.79 Å². The molecule has 0 aliphatic carbocycles. The third-order valence-corrected chi connectivity index (χ3v) is 3.48. The van der Waals surface area contributed by atoms with Gasteiger partial charge in [-0.05, 0) is 35.9 Å². The van der Waals surface area contributed by atoms with Crippen LogP contribution in [0.25, 0.3) is 6.08 Å². The van der Waals surface area contributed by atoms with Crippen LogP contribution in [0, 0.1) is 0 Å². The molecule has 0 saturated heterocycles. The number of para-hydroxylation sites is 1. The molecule has 0 bridgehead atoms. The molecule has 0 unspecified atom stereocenters. The molecule has 0 amide bonds. The first kappa shape index (κ1) is 14.1. The average molecular weight is 294 g/mol. The van der Waals surface area contributed by atoms with Gasteiger partial charge in [0.1, 0.15) is 12.4 Å². The van der Waals surface area contributed by atoms with Gasteiger partial charge in [-0.15, -0.1) is 0 Å². The third-order valence-electron chi connectivity index (χ3n) is 3.48. The van der Waals surface area contributed by atoms with Gasteiger partial charge in [-0.2, -0.15) is 0 Å². The maximum Gasteiger partial charge on any atom is 0.337 e. The van der Waals surface area contributed by atoms with Gasteiger partial charge in [0.15, 0.2) is 5.78 Å². The minimum absolute atomic E-state index is 0.0288. The molecule has 0 aromatic heterocycles. The molecule has 0 fully saturated rings. The summed E-state index contributed by atoms with van der Waals surface area (Å²) in [5.41, 5.74) is 2.47. The first-order valence-corrected chi connectivity index (χ1v) is 6.84. The molecule has 0 spiro atoms. The lowest BCUT2D eigenvalue weighted by atomic mass is 9.98. The number of hydrogen-bond donors (Lipinski definition) is 0. The Morgan fingerprint density at radius 1 is 1.14 bits per heavy atom. The summed E-state index contributed by atoms with van der Waals surface area (Å²) in [6.07, 6.45) is 1.78. The van der Waals surface area contributed by atoms with Crippen molar-refractivity contribution in [2.45, 2.75) is 0 Å². The fourth-order valence-electron chi connectivity index (χ4n) is 2.32. The van der Waals surface area contributed by atoms with Gasteiger partial charge in [-0.1, -0.05) is 24.3 Å². The van der Waals surface area contributed by atoms with Crippen LogP contribution >= 0.6 is 0 Å². The maximum atomic E-state index is 12.4. The number of methoxy groups -OCH3 is 1. The summed E-state index contributed by atoms with van der Waals surface area (Å²) in [4.78, 5) is 23.8. The first-order chi connectivity index (χ1) is 10.7. The smallest absolute Gasteiger partial charge is 0.337 e. The maximum absolute atomic E-state index is 12.4. The molecule has 1 aliphatic rings. The Hall–Kier alpha value is -2.88. The van der Waals surface area contributed by atoms with Gasteiger partial charge in [0.25, 0.3) is 0 Å². The average Bonchev–Trinajstić information content (AvgIpc) is 2.57. The molecular weight excluding hydrogens is 280 g/mol. The molecule has 110 valence electrons. The monoisotopic (exact) mass is 294 g/mol. The highest BCUT2D eigenvalue weighted by Crippen LogP contribution is 2.27. The molecule has 0 saturated carbocycles. The number of benzene rings is 2. The number of rotatable bonds is 2. The largest absolute Gasteiger partial charge is 0.488 e. The molecule has 0 N–H and O–H groups in total. The van der Waals surface area contributed by atoms with Crippen LogP contribution in [0.3, 0.4) is 0 Å². The summed E-state index contributed by atoms with van der Waals surface area (Å²) in [5.74, 6) is 0.204. The van der Waals surface area contributed by atoms with Gasteiger partial charge in [0, 0.05) is 5.57 Å². The van der Waals surface area contributed by atoms with Crippen LogP contribution in [-0.4, -0.2) is 25.5 Å². The van der Waals surface area contributed by atoms with E-state index < -0.39 is 0 Å². The number of ketones is 1. The Labute approximate surface area is 128 Å². The van der Waals surface area contributed by atoms with E-state index in [9.17, 15) is 9.59 Å². The summed E-state index contributed by atoms with van der Waals surface area (Å²) >= 11 is 0. The Balaban J connectivity index is 1.87. The molecule has 3 rings (SSSR count). The molecule has 4 heteroatoms. The number of carbonyl (C=O) groups is 2. The standard InChI is InChI=1S/C18H14O4/c1-21-18(20)13-8-6-12(7-9-13)10-14-11-22-16-5-3-2-4-15(16)17(14)19/h2-10H,11H2,1H3/b14-10+. The summed E-state index contributed by atoms with van der Waals surface area (Å²) in [6, 6.07) is 14.1. The van der Waals surface area contributed by atoms with Gasteiger partial charge >= 0.3 is 5.97 Å². The van der Waals surface area contributed by atoms with E-state index in [1.807, 2.05) is 12.1 Å². The molecule has 0 atom stereocenters. The van der Waals surface area contributed by atoms with Crippen molar-refractivity contribution in [3.63, 3.8) is 0 Å². The zero-order valence-electron chi connectivity index (χ0n) is 12.0. The Morgan fingerprint density at radius 3 is 2.59 bits per heavy atom. The van der Waals surface area contributed by atoms with Gasteiger partial charge in [0.2, 0.25) is 0 Å². The molecule has 2 aromatic carbocycles. The van der Waals surface area contributed by atoms with E-state index >= 15 is 0 Å². The predicted molar refractivity (Wildman–Crippen MR) is 82.0 cm³/mol. The van der Waals surface area contributed by atoms with Crippen molar-refractivity contribution >= 4 is 17.8 Å². The van der Waals surface area contributed by atoms with Crippen molar-refractivity contribution < 1.29 is 19.1 Å². The van der Waals surface area contributed by atoms with Crippen LogP contribution in [0.4, 0.5) is 0 Å². The normalized spacial score (nSPS) is 15.1. The lowest BCUT2D eigenvalue weighted by Gasteiger charge is -2.18. The van der Waals surface area contributed by atoms with Crippen molar-refractivity contribution in [2.75, 3.05) is 13.7 Å². The number of ether oxygens (including phenoxy) is 2. The number of hydrogen-bond acceptors (Lipinski definition) is 4. The topological polar surface area (TPSA) is 52.6 Å². The lowest BCUT2D eigenvalue weighted by molar-refractivity contribution is 0.0600. The van der Waals surface area contributed by atoms with Crippen LogP contribution in [0.5, 0.6) is 5.75 Å². The van der Waals surface area contributed by atoms with Gasteiger partial charge < -0.3 is 9.47 Å². The number of fused-ring (bicyclic) bond motifs is 1. The minimum Gasteiger partial charge on any atom is -0.488 e. The molecule has 2 aromatic rings. The van der Waals surface area contributed by atoms with Crippen molar-refractivity contribution in [3.05, 3.63) is 70.8 Å². The zero-order valence-corrected chi connectivity index (χ0v) is 12.0. The molecule has 22 heavy (non-hydrogen) atoms. The molecule has 1 aliphatic heterocycles. The SMILES string of the molecule is COC(=O)c1ccc(/C=C2\COc3ccccc3C2=O)cc1. The zero-order chi connectivity index (χ0) is 15.5. The Morgan fingerprint density at radius 2 is 1.86 bits per heavy atom. The van der Waals surface area contributed by atoms with Crippen molar-refractivity contribution in [1.29, 1.82) is 0 Å².